The van der Waals surface area contributed by atoms with Gasteiger partial charge in [-0.05, 0) is 25.1 Å². The van der Waals surface area contributed by atoms with Gasteiger partial charge in [0.2, 0.25) is 10.0 Å². The first-order chi connectivity index (χ1) is 8.86. The molecular formula is C10H14N6O2S. The molecule has 0 aliphatic rings. The molecule has 0 radical (unpaired) electrons. The first kappa shape index (κ1) is 13.3. The number of aromatic nitrogens is 3. The Balaban J connectivity index is 2.28. The van der Waals surface area contributed by atoms with Crippen molar-refractivity contribution in [2.45, 2.75) is 17.9 Å². The van der Waals surface area contributed by atoms with Crippen LogP contribution >= 0.6 is 0 Å². The molecule has 19 heavy (non-hydrogen) atoms. The first-order valence-corrected chi connectivity index (χ1v) is 6.96. The number of nitrogens with two attached hydrogens (primary N) is 2. The molecule has 0 bridgehead atoms. The van der Waals surface area contributed by atoms with Gasteiger partial charge in [0.05, 0.1) is 10.9 Å². The number of nitrogens with one attached hydrogen (secondary N) is 2. The molecule has 1 unspecified atom stereocenters. The van der Waals surface area contributed by atoms with Crippen molar-refractivity contribution in [3.63, 3.8) is 0 Å². The fourth-order valence-corrected chi connectivity index (χ4v) is 2.20. The number of nitrogens with zero attached hydrogens (tertiary/aromatic N) is 2. The highest BCUT2D eigenvalue weighted by Crippen LogP contribution is 2.22. The summed E-state index contributed by atoms with van der Waals surface area (Å²) in [5.41, 5.74) is 6.49. The van der Waals surface area contributed by atoms with Gasteiger partial charge in [0.1, 0.15) is 12.2 Å². The molecule has 9 heteroatoms. The van der Waals surface area contributed by atoms with Gasteiger partial charge in [-0.2, -0.15) is 5.10 Å². The predicted molar refractivity (Wildman–Crippen MR) is 70.6 cm³/mol. The van der Waals surface area contributed by atoms with E-state index in [2.05, 4.69) is 20.5 Å². The maximum Gasteiger partial charge on any atom is 0.238 e. The van der Waals surface area contributed by atoms with Gasteiger partial charge in [-0.3, -0.25) is 5.10 Å². The zero-order chi connectivity index (χ0) is 14.0. The number of hydrogen-bond acceptors (Lipinski definition) is 6. The summed E-state index contributed by atoms with van der Waals surface area (Å²) in [5.74, 6) is 0.625. The van der Waals surface area contributed by atoms with E-state index in [0.717, 1.165) is 0 Å². The molecule has 2 rings (SSSR count). The van der Waals surface area contributed by atoms with E-state index in [1.54, 1.807) is 6.07 Å². The van der Waals surface area contributed by atoms with E-state index in [9.17, 15) is 8.42 Å². The molecule has 0 amide bonds. The van der Waals surface area contributed by atoms with Gasteiger partial charge in [-0.1, -0.05) is 0 Å². The van der Waals surface area contributed by atoms with Crippen molar-refractivity contribution < 1.29 is 8.42 Å². The number of H-pyrrole nitrogens is 1. The van der Waals surface area contributed by atoms with E-state index < -0.39 is 10.0 Å². The normalized spacial score (nSPS) is 13.2. The van der Waals surface area contributed by atoms with Gasteiger partial charge < -0.3 is 11.1 Å². The van der Waals surface area contributed by atoms with Gasteiger partial charge >= 0.3 is 0 Å². The van der Waals surface area contributed by atoms with E-state index in [1.807, 2.05) is 6.92 Å². The van der Waals surface area contributed by atoms with Gasteiger partial charge in [0, 0.05) is 11.4 Å². The number of rotatable bonds is 4. The molecule has 1 atom stereocenters. The first-order valence-electron chi connectivity index (χ1n) is 5.41. The molecule has 102 valence electrons. The van der Waals surface area contributed by atoms with Crippen LogP contribution in [0.1, 0.15) is 18.8 Å². The number of primary sulfonamides is 1. The zero-order valence-corrected chi connectivity index (χ0v) is 11.0. The van der Waals surface area contributed by atoms with E-state index in [4.69, 9.17) is 10.9 Å². The lowest BCUT2D eigenvalue weighted by Crippen LogP contribution is -2.14. The van der Waals surface area contributed by atoms with Crippen LogP contribution in [0.15, 0.2) is 29.4 Å². The Morgan fingerprint density at radius 3 is 2.68 bits per heavy atom. The lowest BCUT2D eigenvalue weighted by atomic mass is 10.2. The highest BCUT2D eigenvalue weighted by Gasteiger charge is 2.13. The average molecular weight is 282 g/mol. The molecular weight excluding hydrogens is 268 g/mol. The largest absolute Gasteiger partial charge is 0.399 e. The molecule has 8 nitrogen and oxygen atoms in total. The second kappa shape index (κ2) is 4.86. The summed E-state index contributed by atoms with van der Waals surface area (Å²) in [6, 6.07) is 4.15. The van der Waals surface area contributed by atoms with Crippen LogP contribution in [0.2, 0.25) is 0 Å². The quantitative estimate of drug-likeness (QED) is 0.591. The van der Waals surface area contributed by atoms with Crippen LogP contribution < -0.4 is 16.2 Å². The van der Waals surface area contributed by atoms with Crippen molar-refractivity contribution in [3.8, 4) is 0 Å². The minimum Gasteiger partial charge on any atom is -0.399 e. The number of benzene rings is 1. The minimum atomic E-state index is -3.79. The Morgan fingerprint density at radius 1 is 1.37 bits per heavy atom. The van der Waals surface area contributed by atoms with Crippen LogP contribution in [-0.4, -0.2) is 23.6 Å². The Hall–Kier alpha value is -2.13. The van der Waals surface area contributed by atoms with Crippen molar-refractivity contribution in [3.05, 3.63) is 30.4 Å². The second-order valence-corrected chi connectivity index (χ2v) is 5.63. The summed E-state index contributed by atoms with van der Waals surface area (Å²) in [4.78, 5) is 3.96. The standard InChI is InChI=1S/C10H14N6O2S/c1-6(10-13-5-14-16-10)15-8-2-7(11)3-9(4-8)19(12,17)18/h2-6,15H,11H2,1H3,(H2,12,17,18)(H,13,14,16). The molecule has 0 saturated heterocycles. The van der Waals surface area contributed by atoms with Crippen LogP contribution in [0.3, 0.4) is 0 Å². The molecule has 1 aromatic carbocycles. The summed E-state index contributed by atoms with van der Waals surface area (Å²) >= 11 is 0. The third-order valence-corrected chi connectivity index (χ3v) is 3.38. The molecule has 0 aliphatic carbocycles. The van der Waals surface area contributed by atoms with Crippen LogP contribution in [0.5, 0.6) is 0 Å². The molecule has 2 aromatic rings. The summed E-state index contributed by atoms with van der Waals surface area (Å²) in [5, 5.41) is 14.6. The lowest BCUT2D eigenvalue weighted by Gasteiger charge is -2.14. The molecule has 6 N–H and O–H groups in total. The SMILES string of the molecule is CC(Nc1cc(N)cc(S(N)(=O)=O)c1)c1ncn[nH]1. The van der Waals surface area contributed by atoms with Gasteiger partial charge in [-0.15, -0.1) is 0 Å². The molecule has 0 fully saturated rings. The van der Waals surface area contributed by atoms with Gasteiger partial charge in [-0.25, -0.2) is 18.5 Å². The van der Waals surface area contributed by atoms with Crippen molar-refractivity contribution in [2.24, 2.45) is 5.14 Å². The summed E-state index contributed by atoms with van der Waals surface area (Å²) in [7, 11) is -3.79. The Labute approximate surface area is 110 Å². The van der Waals surface area contributed by atoms with Crippen molar-refractivity contribution in [2.75, 3.05) is 11.1 Å². The Bertz CT molecular complexity index is 667. The van der Waals surface area contributed by atoms with Crippen LogP contribution in [-0.2, 0) is 10.0 Å². The van der Waals surface area contributed by atoms with E-state index in [0.29, 0.717) is 17.2 Å². The number of nitrogen functional groups attached to an aromatic ring is 1. The fourth-order valence-electron chi connectivity index (χ4n) is 1.61. The molecule has 0 saturated carbocycles. The van der Waals surface area contributed by atoms with Crippen LogP contribution in [0.4, 0.5) is 11.4 Å². The summed E-state index contributed by atoms with van der Waals surface area (Å²) < 4.78 is 22.6. The molecule has 0 aliphatic heterocycles. The number of hydrogen-bond donors (Lipinski definition) is 4. The number of sulfonamides is 1. The zero-order valence-electron chi connectivity index (χ0n) is 10.2. The fraction of sp³-hybridized carbons (Fsp3) is 0.200. The van der Waals surface area contributed by atoms with E-state index >= 15 is 0 Å². The molecule has 1 aromatic heterocycles. The average Bonchev–Trinajstić information content (AvgIpc) is 2.80. The predicted octanol–water partition coefficient (Wildman–Crippen LogP) is 0.207. The minimum absolute atomic E-state index is 0.0419. The number of aromatic amines is 1. The van der Waals surface area contributed by atoms with Crippen LogP contribution in [0, 0.1) is 0 Å². The van der Waals surface area contributed by atoms with E-state index in [-0.39, 0.29) is 10.9 Å². The summed E-state index contributed by atoms with van der Waals surface area (Å²) in [6.07, 6.45) is 1.39. The Morgan fingerprint density at radius 2 is 2.11 bits per heavy atom. The lowest BCUT2D eigenvalue weighted by molar-refractivity contribution is 0.598. The molecule has 1 heterocycles. The highest BCUT2D eigenvalue weighted by molar-refractivity contribution is 7.89. The second-order valence-electron chi connectivity index (χ2n) is 4.07. The van der Waals surface area contributed by atoms with Gasteiger partial charge in [0.15, 0.2) is 0 Å². The smallest absolute Gasteiger partial charge is 0.238 e. The Kier molecular flexibility index (Phi) is 3.40. The monoisotopic (exact) mass is 282 g/mol. The maximum atomic E-state index is 11.3. The summed E-state index contributed by atoms with van der Waals surface area (Å²) in [6.45, 7) is 1.85. The molecule has 0 spiro atoms. The third-order valence-electron chi connectivity index (χ3n) is 2.48. The van der Waals surface area contributed by atoms with E-state index in [1.165, 1.54) is 18.5 Å². The number of anilines is 2. The van der Waals surface area contributed by atoms with Crippen molar-refractivity contribution in [1.82, 2.24) is 15.2 Å². The van der Waals surface area contributed by atoms with Crippen molar-refractivity contribution in [1.29, 1.82) is 0 Å². The van der Waals surface area contributed by atoms with Crippen LogP contribution in [0.25, 0.3) is 0 Å². The topological polar surface area (TPSA) is 140 Å². The highest BCUT2D eigenvalue weighted by atomic mass is 32.2. The maximum absolute atomic E-state index is 11.3. The van der Waals surface area contributed by atoms with Gasteiger partial charge in [0.25, 0.3) is 0 Å². The van der Waals surface area contributed by atoms with Crippen molar-refractivity contribution >= 4 is 21.4 Å². The third kappa shape index (κ3) is 3.20.